The molecule has 0 aliphatic rings. The number of hydrogen-bond donors (Lipinski definition) is 0. The van der Waals surface area contributed by atoms with Crippen LogP contribution in [0.15, 0.2) is 133 Å². The van der Waals surface area contributed by atoms with Crippen molar-refractivity contribution in [3.05, 3.63) is 146 Å². The van der Waals surface area contributed by atoms with E-state index in [1.54, 1.807) is 30.9 Å². The van der Waals surface area contributed by atoms with Crippen LogP contribution < -0.4 is 4.98 Å². The molecular formula is C30H25IrN4. The molecular weight excluding hydrogens is 609 g/mol. The van der Waals surface area contributed by atoms with Gasteiger partial charge >= 0.3 is 20.1 Å². The summed E-state index contributed by atoms with van der Waals surface area (Å²) in [5, 5.41) is 0. The third kappa shape index (κ3) is 10.3. The Morgan fingerprint density at radius 2 is 1.31 bits per heavy atom. The van der Waals surface area contributed by atoms with E-state index in [2.05, 4.69) is 38.7 Å². The number of benzene rings is 2. The molecule has 2 aromatic carbocycles. The topological polar surface area (TPSA) is 52.2 Å². The van der Waals surface area contributed by atoms with E-state index in [1.807, 2.05) is 97.1 Å². The van der Waals surface area contributed by atoms with Crippen molar-refractivity contribution in [2.45, 2.75) is 0 Å². The average molecular weight is 634 g/mol. The first kappa shape index (κ1) is 27.3. The molecule has 0 radical (unpaired) electrons. The van der Waals surface area contributed by atoms with Gasteiger partial charge in [-0.1, -0.05) is 42.5 Å². The van der Waals surface area contributed by atoms with Gasteiger partial charge in [-0.05, 0) is 23.5 Å². The SMILES string of the molecule is C=CCN=Cc1ccc[n-]1.[Ir+3].[c-]1ccccc1-c1ccccn1.[c-]1ccccc1-c1ccccn1. The van der Waals surface area contributed by atoms with E-state index in [1.165, 1.54) is 0 Å². The van der Waals surface area contributed by atoms with Crippen molar-refractivity contribution in [2.75, 3.05) is 6.54 Å². The van der Waals surface area contributed by atoms with Crippen molar-refractivity contribution >= 4 is 6.21 Å². The van der Waals surface area contributed by atoms with E-state index in [9.17, 15) is 0 Å². The van der Waals surface area contributed by atoms with Crippen LogP contribution in [0.2, 0.25) is 0 Å². The molecule has 5 heteroatoms. The van der Waals surface area contributed by atoms with E-state index in [4.69, 9.17) is 0 Å². The number of nitrogens with zero attached hydrogens (tertiary/aromatic N) is 4. The molecule has 0 unspecified atom stereocenters. The summed E-state index contributed by atoms with van der Waals surface area (Å²) in [6.07, 6.45) is 8.81. The summed E-state index contributed by atoms with van der Waals surface area (Å²) >= 11 is 0. The maximum atomic E-state index is 4.22. The predicted octanol–water partition coefficient (Wildman–Crippen LogP) is 6.34. The molecule has 0 N–H and O–H groups in total. The molecule has 0 aliphatic carbocycles. The maximum absolute atomic E-state index is 4.22. The van der Waals surface area contributed by atoms with Crippen molar-refractivity contribution in [1.29, 1.82) is 0 Å². The zero-order valence-electron chi connectivity index (χ0n) is 19.2. The van der Waals surface area contributed by atoms with Crippen LogP contribution in [0.5, 0.6) is 0 Å². The van der Waals surface area contributed by atoms with Crippen molar-refractivity contribution in [3.8, 4) is 22.5 Å². The number of hydrogen-bond acceptors (Lipinski definition) is 3. The van der Waals surface area contributed by atoms with Gasteiger partial charge in [0.2, 0.25) is 0 Å². The van der Waals surface area contributed by atoms with Crippen molar-refractivity contribution < 1.29 is 20.1 Å². The van der Waals surface area contributed by atoms with Gasteiger partial charge in [-0.3, -0.25) is 4.99 Å². The summed E-state index contributed by atoms with van der Waals surface area (Å²) in [5.74, 6) is 0. The Morgan fingerprint density at radius 1 is 0.743 bits per heavy atom. The largest absolute Gasteiger partial charge is 3.00 e. The van der Waals surface area contributed by atoms with Crippen molar-refractivity contribution in [3.63, 3.8) is 0 Å². The van der Waals surface area contributed by atoms with Gasteiger partial charge in [-0.25, -0.2) is 0 Å². The van der Waals surface area contributed by atoms with Gasteiger partial charge < -0.3 is 15.0 Å². The van der Waals surface area contributed by atoms with Crippen LogP contribution in [-0.2, 0) is 20.1 Å². The normalized spacial score (nSPS) is 9.60. The quantitative estimate of drug-likeness (QED) is 0.129. The van der Waals surface area contributed by atoms with Crippen LogP contribution in [0.25, 0.3) is 22.5 Å². The van der Waals surface area contributed by atoms with Gasteiger partial charge in [-0.15, -0.1) is 84.1 Å². The monoisotopic (exact) mass is 634 g/mol. The minimum absolute atomic E-state index is 0. The summed E-state index contributed by atoms with van der Waals surface area (Å²) in [6, 6.07) is 37.4. The average Bonchev–Trinajstić information content (AvgIpc) is 3.45. The minimum atomic E-state index is 0. The van der Waals surface area contributed by atoms with E-state index in [0.29, 0.717) is 6.54 Å². The van der Waals surface area contributed by atoms with Gasteiger partial charge in [-0.2, -0.15) is 6.20 Å². The fraction of sp³-hybridized carbons (Fsp3) is 0.0333. The number of pyridine rings is 2. The molecule has 0 saturated carbocycles. The summed E-state index contributed by atoms with van der Waals surface area (Å²) in [7, 11) is 0. The molecule has 5 rings (SSSR count). The molecule has 0 bridgehead atoms. The minimum Gasteiger partial charge on any atom is -0.663 e. The smallest absolute Gasteiger partial charge is 0.663 e. The second-order valence-corrected chi connectivity index (χ2v) is 6.83. The Balaban J connectivity index is 0.000000184. The fourth-order valence-corrected chi connectivity index (χ4v) is 2.76. The summed E-state index contributed by atoms with van der Waals surface area (Å²) < 4.78 is 0. The molecule has 0 aliphatic heterocycles. The first-order valence-corrected chi connectivity index (χ1v) is 10.8. The molecule has 174 valence electrons. The van der Waals surface area contributed by atoms with E-state index < -0.39 is 0 Å². The van der Waals surface area contributed by atoms with E-state index in [0.717, 1.165) is 28.2 Å². The van der Waals surface area contributed by atoms with Crippen LogP contribution >= 0.6 is 0 Å². The van der Waals surface area contributed by atoms with E-state index >= 15 is 0 Å². The van der Waals surface area contributed by atoms with Crippen LogP contribution in [0, 0.1) is 12.1 Å². The van der Waals surface area contributed by atoms with Crippen LogP contribution in [0.4, 0.5) is 0 Å². The Labute approximate surface area is 220 Å². The van der Waals surface area contributed by atoms with E-state index in [-0.39, 0.29) is 20.1 Å². The second kappa shape index (κ2) is 16.7. The standard InChI is InChI=1S/2C11H8N.C8H9N2.Ir/c2*1-2-6-10(7-3-1)11-8-4-5-9-12-11;1-2-5-9-7-8-4-3-6-10-8;/h2*1-6,8-9H;2-4,6-7H,1,5H2;/q3*-1;+3. The maximum Gasteiger partial charge on any atom is 3.00 e. The van der Waals surface area contributed by atoms with Crippen LogP contribution in [0.3, 0.4) is 0 Å². The van der Waals surface area contributed by atoms with Gasteiger partial charge in [0.25, 0.3) is 0 Å². The fourth-order valence-electron chi connectivity index (χ4n) is 2.76. The van der Waals surface area contributed by atoms with Gasteiger partial charge in [0.05, 0.1) is 6.54 Å². The van der Waals surface area contributed by atoms with Gasteiger partial charge in [0.1, 0.15) is 0 Å². The first-order chi connectivity index (χ1) is 16.9. The zero-order chi connectivity index (χ0) is 23.7. The number of aromatic nitrogens is 3. The molecule has 0 amide bonds. The van der Waals surface area contributed by atoms with Gasteiger partial charge in [0, 0.05) is 18.6 Å². The predicted molar refractivity (Wildman–Crippen MR) is 139 cm³/mol. The molecule has 0 spiro atoms. The van der Waals surface area contributed by atoms with Crippen molar-refractivity contribution in [2.24, 2.45) is 4.99 Å². The van der Waals surface area contributed by atoms with Crippen LogP contribution in [-0.4, -0.2) is 22.7 Å². The first-order valence-electron chi connectivity index (χ1n) is 10.8. The number of aliphatic imine (C=N–C) groups is 1. The zero-order valence-corrected chi connectivity index (χ0v) is 21.6. The molecule has 0 atom stereocenters. The Kier molecular flexibility index (Phi) is 13.0. The molecule has 35 heavy (non-hydrogen) atoms. The van der Waals surface area contributed by atoms with Gasteiger partial charge in [0.15, 0.2) is 0 Å². The summed E-state index contributed by atoms with van der Waals surface area (Å²) in [5.41, 5.74) is 4.93. The Morgan fingerprint density at radius 3 is 1.71 bits per heavy atom. The third-order valence-electron chi connectivity index (χ3n) is 4.33. The molecule has 0 saturated heterocycles. The van der Waals surface area contributed by atoms with Crippen molar-refractivity contribution in [1.82, 2.24) is 15.0 Å². The third-order valence-corrected chi connectivity index (χ3v) is 4.33. The number of rotatable bonds is 5. The summed E-state index contributed by atoms with van der Waals surface area (Å²) in [4.78, 5) is 16.5. The second-order valence-electron chi connectivity index (χ2n) is 6.83. The molecule has 4 nitrogen and oxygen atoms in total. The molecule has 3 aromatic heterocycles. The molecule has 3 heterocycles. The summed E-state index contributed by atoms with van der Waals surface area (Å²) in [6.45, 7) is 4.20. The van der Waals surface area contributed by atoms with Crippen LogP contribution in [0.1, 0.15) is 5.69 Å². The Hall–Kier alpha value is -3.92. The molecule has 5 aromatic rings. The molecule has 0 fully saturated rings. The Bertz CT molecular complexity index is 1060.